The van der Waals surface area contributed by atoms with Crippen LogP contribution in [0.4, 0.5) is 0 Å². The van der Waals surface area contributed by atoms with Crippen LogP contribution in [0.15, 0.2) is 97.2 Å². The van der Waals surface area contributed by atoms with Crippen LogP contribution in [0.2, 0.25) is 0 Å². The van der Waals surface area contributed by atoms with Gasteiger partial charge in [-0.1, -0.05) is 323 Å². The second-order valence-electron chi connectivity index (χ2n) is 23.4. The van der Waals surface area contributed by atoms with E-state index in [-0.39, 0.29) is 31.1 Å². The topological polar surface area (TPSA) is 78.9 Å². The van der Waals surface area contributed by atoms with Gasteiger partial charge in [0.05, 0.1) is 0 Å². The van der Waals surface area contributed by atoms with Gasteiger partial charge in [-0.25, -0.2) is 0 Å². The minimum atomic E-state index is -0.782. The summed E-state index contributed by atoms with van der Waals surface area (Å²) in [6.07, 6.45) is 94.4. The van der Waals surface area contributed by atoms with Gasteiger partial charge in [0.2, 0.25) is 0 Å². The molecular weight excluding hydrogens is 1010 g/mol. The van der Waals surface area contributed by atoms with Crippen LogP contribution in [0, 0.1) is 0 Å². The molecule has 0 saturated carbocycles. The third-order valence-corrected chi connectivity index (χ3v) is 15.3. The minimum absolute atomic E-state index is 0.0777. The van der Waals surface area contributed by atoms with Crippen molar-refractivity contribution in [3.05, 3.63) is 97.2 Å². The number of hydrogen-bond donors (Lipinski definition) is 0. The van der Waals surface area contributed by atoms with E-state index in [0.29, 0.717) is 19.3 Å². The van der Waals surface area contributed by atoms with E-state index in [1.807, 2.05) is 0 Å². The highest BCUT2D eigenvalue weighted by Gasteiger charge is 2.19. The van der Waals surface area contributed by atoms with Crippen molar-refractivity contribution in [2.45, 2.75) is 354 Å². The Balaban J connectivity index is 4.18. The summed E-state index contributed by atoms with van der Waals surface area (Å²) in [6.45, 7) is 6.52. The maximum absolute atomic E-state index is 12.9. The van der Waals surface area contributed by atoms with Gasteiger partial charge < -0.3 is 14.2 Å². The van der Waals surface area contributed by atoms with Gasteiger partial charge in [-0.2, -0.15) is 0 Å². The molecule has 0 aromatic carbocycles. The normalized spacial score (nSPS) is 12.7. The third-order valence-electron chi connectivity index (χ3n) is 15.3. The molecular formula is C76H132O6. The Morgan fingerprint density at radius 2 is 0.476 bits per heavy atom. The van der Waals surface area contributed by atoms with Gasteiger partial charge in [0.15, 0.2) is 6.10 Å². The monoisotopic (exact) mass is 1140 g/mol. The first-order valence-corrected chi connectivity index (χ1v) is 35.2. The van der Waals surface area contributed by atoms with Gasteiger partial charge in [-0.05, 0) is 103 Å². The van der Waals surface area contributed by atoms with Crippen molar-refractivity contribution in [1.29, 1.82) is 0 Å². The molecule has 0 saturated heterocycles. The van der Waals surface area contributed by atoms with E-state index in [0.717, 1.165) is 116 Å². The second-order valence-corrected chi connectivity index (χ2v) is 23.4. The van der Waals surface area contributed by atoms with Gasteiger partial charge in [0.25, 0.3) is 0 Å². The Labute approximate surface area is 508 Å². The number of hydrogen-bond acceptors (Lipinski definition) is 6. The number of carbonyl (C=O) groups excluding carboxylic acids is 3. The maximum Gasteiger partial charge on any atom is 0.306 e. The maximum atomic E-state index is 12.9. The summed E-state index contributed by atoms with van der Waals surface area (Å²) < 4.78 is 17.0. The molecule has 0 aliphatic heterocycles. The summed E-state index contributed by atoms with van der Waals surface area (Å²) in [4.78, 5) is 38.4. The van der Waals surface area contributed by atoms with Crippen LogP contribution in [0.25, 0.3) is 0 Å². The fourth-order valence-corrected chi connectivity index (χ4v) is 10.1. The van der Waals surface area contributed by atoms with Crippen molar-refractivity contribution in [3.8, 4) is 0 Å². The molecule has 0 aliphatic carbocycles. The van der Waals surface area contributed by atoms with Crippen LogP contribution in [-0.4, -0.2) is 37.2 Å². The summed E-state index contributed by atoms with van der Waals surface area (Å²) in [7, 11) is 0. The van der Waals surface area contributed by atoms with E-state index >= 15 is 0 Å². The van der Waals surface area contributed by atoms with Gasteiger partial charge in [0, 0.05) is 19.3 Å². The fourth-order valence-electron chi connectivity index (χ4n) is 10.1. The first kappa shape index (κ1) is 78.3. The highest BCUT2D eigenvalue weighted by atomic mass is 16.6. The van der Waals surface area contributed by atoms with Crippen LogP contribution >= 0.6 is 0 Å². The quantitative estimate of drug-likeness (QED) is 0.0261. The SMILES string of the molecule is CC/C=C\C/C=C\C/C=C\C/C=C\C/C=C\CCCCCCCCCCCCCCCCCCCC(=O)OCC(COC(=O)CCCCCCCCCCCCCC)OC(=O)CCCCCCCC/C=C\C/C=C\C/C=C\CCCCC. The number of unbranched alkanes of at least 4 members (excludes halogenated alkanes) is 37. The van der Waals surface area contributed by atoms with E-state index in [2.05, 4.69) is 118 Å². The van der Waals surface area contributed by atoms with Crippen molar-refractivity contribution in [1.82, 2.24) is 0 Å². The fraction of sp³-hybridized carbons (Fsp3) is 0.750. The summed E-state index contributed by atoms with van der Waals surface area (Å²) in [6, 6.07) is 0. The molecule has 0 aromatic heterocycles. The Morgan fingerprint density at radius 3 is 0.768 bits per heavy atom. The Kier molecular flexibility index (Phi) is 66.7. The molecule has 6 heteroatoms. The van der Waals surface area contributed by atoms with Crippen molar-refractivity contribution < 1.29 is 28.6 Å². The lowest BCUT2D eigenvalue weighted by Crippen LogP contribution is -2.30. The molecule has 0 radical (unpaired) electrons. The van der Waals surface area contributed by atoms with Crippen molar-refractivity contribution >= 4 is 17.9 Å². The zero-order chi connectivity index (χ0) is 59.2. The van der Waals surface area contributed by atoms with E-state index in [1.165, 1.54) is 193 Å². The predicted octanol–water partition coefficient (Wildman–Crippen LogP) is 24.4. The van der Waals surface area contributed by atoms with Gasteiger partial charge >= 0.3 is 17.9 Å². The molecule has 0 aromatic rings. The summed E-state index contributed by atoms with van der Waals surface area (Å²) >= 11 is 0. The Morgan fingerprint density at radius 1 is 0.256 bits per heavy atom. The van der Waals surface area contributed by atoms with Crippen LogP contribution in [0.1, 0.15) is 348 Å². The lowest BCUT2D eigenvalue weighted by molar-refractivity contribution is -0.167. The van der Waals surface area contributed by atoms with E-state index in [9.17, 15) is 14.4 Å². The van der Waals surface area contributed by atoms with Crippen LogP contribution < -0.4 is 0 Å². The number of allylic oxidation sites excluding steroid dienone is 16. The number of rotatable bonds is 64. The van der Waals surface area contributed by atoms with E-state index in [1.54, 1.807) is 0 Å². The molecule has 0 amide bonds. The molecule has 0 heterocycles. The smallest absolute Gasteiger partial charge is 0.306 e. The summed E-state index contributed by atoms with van der Waals surface area (Å²) in [5, 5.41) is 0. The zero-order valence-corrected chi connectivity index (χ0v) is 54.2. The molecule has 0 bridgehead atoms. The lowest BCUT2D eigenvalue weighted by atomic mass is 10.0. The highest BCUT2D eigenvalue weighted by molar-refractivity contribution is 5.71. The van der Waals surface area contributed by atoms with Gasteiger partial charge in [-0.3, -0.25) is 14.4 Å². The lowest BCUT2D eigenvalue weighted by Gasteiger charge is -2.18. The second kappa shape index (κ2) is 69.8. The van der Waals surface area contributed by atoms with E-state index < -0.39 is 6.10 Å². The molecule has 1 atom stereocenters. The molecule has 1 unspecified atom stereocenters. The van der Waals surface area contributed by atoms with Crippen LogP contribution in [-0.2, 0) is 28.6 Å². The van der Waals surface area contributed by atoms with Crippen molar-refractivity contribution in [3.63, 3.8) is 0 Å². The molecule has 6 nitrogen and oxygen atoms in total. The number of esters is 3. The first-order valence-electron chi connectivity index (χ1n) is 35.2. The zero-order valence-electron chi connectivity index (χ0n) is 54.2. The van der Waals surface area contributed by atoms with Crippen molar-refractivity contribution in [2.24, 2.45) is 0 Å². The van der Waals surface area contributed by atoms with Crippen LogP contribution in [0.5, 0.6) is 0 Å². The molecule has 82 heavy (non-hydrogen) atoms. The molecule has 0 rings (SSSR count). The minimum Gasteiger partial charge on any atom is -0.462 e. The van der Waals surface area contributed by atoms with Gasteiger partial charge in [0.1, 0.15) is 13.2 Å². The van der Waals surface area contributed by atoms with E-state index in [4.69, 9.17) is 14.2 Å². The third kappa shape index (κ3) is 67.1. The summed E-state index contributed by atoms with van der Waals surface area (Å²) in [5.41, 5.74) is 0. The molecule has 0 fully saturated rings. The van der Waals surface area contributed by atoms with Crippen LogP contribution in [0.3, 0.4) is 0 Å². The molecule has 0 N–H and O–H groups in total. The predicted molar refractivity (Wildman–Crippen MR) is 357 cm³/mol. The van der Waals surface area contributed by atoms with Gasteiger partial charge in [-0.15, -0.1) is 0 Å². The largest absolute Gasteiger partial charge is 0.462 e. The summed E-state index contributed by atoms with van der Waals surface area (Å²) in [5.74, 6) is -0.873. The standard InChI is InChI=1S/C76H132O6/c1-4-7-10-13-16-19-22-25-27-29-31-32-33-34-35-36-37-38-39-40-41-42-43-44-46-47-49-51-54-57-60-63-66-69-75(78)81-72-73(71-80-74(77)68-65-62-59-56-53-24-21-18-15-12-9-6-3)82-76(79)70-67-64-61-58-55-52-50-48-45-30-28-26-23-20-17-14-11-8-5-2/h7,10,16-17,19-20,25-28,31-32,34-35,45,48,73H,4-6,8-9,11-15,18,21-24,29-30,33,36-44,46-47,49-72H2,1-3H3/b10-7-,19-16-,20-17-,27-25-,28-26-,32-31-,35-34-,48-45-. The molecule has 472 valence electrons. The van der Waals surface area contributed by atoms with Crippen molar-refractivity contribution in [2.75, 3.05) is 13.2 Å². The average Bonchev–Trinajstić information content (AvgIpc) is 3.47. The molecule has 0 aliphatic rings. The first-order chi connectivity index (χ1) is 40.5. The average molecular weight is 1140 g/mol. The Bertz CT molecular complexity index is 1590. The highest BCUT2D eigenvalue weighted by Crippen LogP contribution is 2.17. The Hall–Kier alpha value is -3.67. The number of ether oxygens (including phenoxy) is 3. The molecule has 0 spiro atoms. The number of carbonyl (C=O) groups is 3.